The molecule has 18 heavy (non-hydrogen) atoms. The van der Waals surface area contributed by atoms with E-state index in [1.54, 1.807) is 0 Å². The molecule has 2 N–H and O–H groups in total. The first-order valence-corrected chi connectivity index (χ1v) is 6.83. The van der Waals surface area contributed by atoms with Crippen LogP contribution in [0.25, 0.3) is 0 Å². The Morgan fingerprint density at radius 1 is 1.56 bits per heavy atom. The number of nitrogens with zero attached hydrogens (tertiary/aromatic N) is 1. The zero-order valence-corrected chi connectivity index (χ0v) is 10.9. The number of carbonyl (C=O) groups excluding carboxylic acids is 2. The van der Waals surface area contributed by atoms with Crippen LogP contribution in [0.3, 0.4) is 0 Å². The Bertz CT molecular complexity index is 324. The predicted octanol–water partition coefficient (Wildman–Crippen LogP) is 0.132. The number of rotatable bonds is 6. The van der Waals surface area contributed by atoms with Crippen molar-refractivity contribution in [2.24, 2.45) is 11.8 Å². The maximum Gasteiger partial charge on any atom is 0.225 e. The molecule has 0 bridgehead atoms. The first kappa shape index (κ1) is 13.3. The topological polar surface area (TPSA) is 69.6 Å². The zero-order valence-electron chi connectivity index (χ0n) is 10.9. The third-order valence-electron chi connectivity index (χ3n) is 3.82. The van der Waals surface area contributed by atoms with Crippen molar-refractivity contribution in [1.82, 2.24) is 10.2 Å². The summed E-state index contributed by atoms with van der Waals surface area (Å²) >= 11 is 0. The van der Waals surface area contributed by atoms with Crippen molar-refractivity contribution in [3.63, 3.8) is 0 Å². The lowest BCUT2D eigenvalue weighted by atomic mass is 10.1. The van der Waals surface area contributed by atoms with Gasteiger partial charge in [0.2, 0.25) is 11.8 Å². The number of hydrogen-bond donors (Lipinski definition) is 2. The van der Waals surface area contributed by atoms with Crippen LogP contribution in [-0.2, 0) is 9.59 Å². The van der Waals surface area contributed by atoms with Crippen LogP contribution in [0.5, 0.6) is 0 Å². The van der Waals surface area contributed by atoms with Gasteiger partial charge >= 0.3 is 0 Å². The highest BCUT2D eigenvalue weighted by Gasteiger charge is 2.37. The van der Waals surface area contributed by atoms with Crippen LogP contribution < -0.4 is 5.32 Å². The molecule has 2 fully saturated rings. The van der Waals surface area contributed by atoms with Crippen LogP contribution in [0.4, 0.5) is 0 Å². The Kier molecular flexibility index (Phi) is 4.22. The maximum atomic E-state index is 12.0. The molecule has 2 atom stereocenters. The number of amides is 2. The fourth-order valence-electron chi connectivity index (χ4n) is 2.33. The van der Waals surface area contributed by atoms with E-state index in [0.717, 1.165) is 6.54 Å². The first-order chi connectivity index (χ1) is 8.63. The minimum atomic E-state index is -0.239. The van der Waals surface area contributed by atoms with E-state index in [4.69, 9.17) is 5.11 Å². The highest BCUT2D eigenvalue weighted by Crippen LogP contribution is 2.31. The van der Waals surface area contributed by atoms with E-state index in [-0.39, 0.29) is 30.4 Å². The maximum absolute atomic E-state index is 12.0. The second-order valence-corrected chi connectivity index (χ2v) is 5.44. The summed E-state index contributed by atoms with van der Waals surface area (Å²) in [5.74, 6) is 0.426. The molecule has 0 aromatic rings. The van der Waals surface area contributed by atoms with Crippen molar-refractivity contribution in [1.29, 1.82) is 0 Å². The number of carbonyl (C=O) groups is 2. The third kappa shape index (κ3) is 3.22. The molecule has 1 aliphatic carbocycles. The van der Waals surface area contributed by atoms with Crippen LogP contribution >= 0.6 is 0 Å². The van der Waals surface area contributed by atoms with Crippen LogP contribution in [0.1, 0.15) is 32.6 Å². The summed E-state index contributed by atoms with van der Waals surface area (Å²) < 4.78 is 0. The van der Waals surface area contributed by atoms with Gasteiger partial charge in [-0.25, -0.2) is 0 Å². The predicted molar refractivity (Wildman–Crippen MR) is 66.7 cm³/mol. The fourth-order valence-corrected chi connectivity index (χ4v) is 2.33. The smallest absolute Gasteiger partial charge is 0.225 e. The molecule has 1 saturated heterocycles. The lowest BCUT2D eigenvalue weighted by Crippen LogP contribution is -2.41. The van der Waals surface area contributed by atoms with Gasteiger partial charge in [0.05, 0.1) is 18.6 Å². The van der Waals surface area contributed by atoms with E-state index in [0.29, 0.717) is 25.3 Å². The number of nitrogens with one attached hydrogen (secondary N) is 1. The van der Waals surface area contributed by atoms with Gasteiger partial charge < -0.3 is 15.3 Å². The van der Waals surface area contributed by atoms with Crippen molar-refractivity contribution in [2.45, 2.75) is 38.6 Å². The van der Waals surface area contributed by atoms with Gasteiger partial charge in [0.1, 0.15) is 0 Å². The number of hydrogen-bond acceptors (Lipinski definition) is 3. The highest BCUT2D eigenvalue weighted by molar-refractivity contribution is 5.89. The van der Waals surface area contributed by atoms with Gasteiger partial charge in [-0.2, -0.15) is 0 Å². The molecule has 5 nitrogen and oxygen atoms in total. The van der Waals surface area contributed by atoms with Crippen LogP contribution in [0, 0.1) is 11.8 Å². The average molecular weight is 254 g/mol. The summed E-state index contributed by atoms with van der Waals surface area (Å²) in [6.45, 7) is 3.23. The molecule has 1 saturated carbocycles. The van der Waals surface area contributed by atoms with E-state index >= 15 is 0 Å². The summed E-state index contributed by atoms with van der Waals surface area (Å²) in [5, 5.41) is 11.9. The SMILES string of the molecule is CCC(CO)NC(=O)C1CC(=O)N(CC2CC2)C1. The van der Waals surface area contributed by atoms with Crippen LogP contribution in [0.15, 0.2) is 0 Å². The van der Waals surface area contributed by atoms with Gasteiger partial charge in [-0.3, -0.25) is 9.59 Å². The Balaban J connectivity index is 1.82. The largest absolute Gasteiger partial charge is 0.394 e. The van der Waals surface area contributed by atoms with Gasteiger partial charge in [0.15, 0.2) is 0 Å². The quantitative estimate of drug-likeness (QED) is 0.708. The average Bonchev–Trinajstić information content (AvgIpc) is 3.10. The van der Waals surface area contributed by atoms with Gasteiger partial charge in [-0.15, -0.1) is 0 Å². The van der Waals surface area contributed by atoms with Crippen molar-refractivity contribution in [2.75, 3.05) is 19.7 Å². The monoisotopic (exact) mass is 254 g/mol. The molecule has 0 spiro atoms. The van der Waals surface area contributed by atoms with E-state index < -0.39 is 0 Å². The lowest BCUT2D eigenvalue weighted by molar-refractivity contribution is -0.129. The summed E-state index contributed by atoms with van der Waals surface area (Å²) in [6.07, 6.45) is 3.45. The van der Waals surface area contributed by atoms with Crippen molar-refractivity contribution >= 4 is 11.8 Å². The summed E-state index contributed by atoms with van der Waals surface area (Å²) in [4.78, 5) is 25.6. The highest BCUT2D eigenvalue weighted by atomic mass is 16.3. The van der Waals surface area contributed by atoms with E-state index in [9.17, 15) is 9.59 Å². The minimum Gasteiger partial charge on any atom is -0.394 e. The van der Waals surface area contributed by atoms with Crippen LogP contribution in [-0.4, -0.2) is 47.6 Å². The Hall–Kier alpha value is -1.10. The molecule has 102 valence electrons. The van der Waals surface area contributed by atoms with Crippen molar-refractivity contribution in [3.8, 4) is 0 Å². The molecule has 0 aromatic carbocycles. The molecule has 0 aromatic heterocycles. The molecule has 1 aliphatic heterocycles. The Labute approximate surface area is 108 Å². The lowest BCUT2D eigenvalue weighted by Gasteiger charge is -2.18. The van der Waals surface area contributed by atoms with Crippen molar-refractivity contribution in [3.05, 3.63) is 0 Å². The molecule has 2 rings (SSSR count). The zero-order chi connectivity index (χ0) is 13.1. The number of likely N-dealkylation sites (tertiary alicyclic amines) is 1. The molecule has 5 heteroatoms. The molecule has 2 amide bonds. The second kappa shape index (κ2) is 5.69. The fraction of sp³-hybridized carbons (Fsp3) is 0.846. The summed E-state index contributed by atoms with van der Waals surface area (Å²) in [7, 11) is 0. The Morgan fingerprint density at radius 2 is 2.28 bits per heavy atom. The summed E-state index contributed by atoms with van der Waals surface area (Å²) in [6, 6.07) is -0.190. The van der Waals surface area contributed by atoms with Gasteiger partial charge in [0.25, 0.3) is 0 Å². The minimum absolute atomic E-state index is 0.0469. The normalized spacial score (nSPS) is 25.3. The first-order valence-electron chi connectivity index (χ1n) is 6.83. The second-order valence-electron chi connectivity index (χ2n) is 5.44. The van der Waals surface area contributed by atoms with Crippen molar-refractivity contribution < 1.29 is 14.7 Å². The van der Waals surface area contributed by atoms with E-state index in [2.05, 4.69) is 5.32 Å². The molecule has 2 aliphatic rings. The molecule has 0 radical (unpaired) electrons. The molecular weight excluding hydrogens is 232 g/mol. The number of aliphatic hydroxyl groups excluding tert-OH is 1. The number of aliphatic hydroxyl groups is 1. The third-order valence-corrected chi connectivity index (χ3v) is 3.82. The molecule has 1 heterocycles. The van der Waals surface area contributed by atoms with Gasteiger partial charge in [-0.1, -0.05) is 6.92 Å². The van der Waals surface area contributed by atoms with Crippen LogP contribution in [0.2, 0.25) is 0 Å². The molecule has 2 unspecified atom stereocenters. The van der Waals surface area contributed by atoms with E-state index in [1.807, 2.05) is 11.8 Å². The van der Waals surface area contributed by atoms with E-state index in [1.165, 1.54) is 12.8 Å². The van der Waals surface area contributed by atoms with Gasteiger partial charge in [0, 0.05) is 19.5 Å². The Morgan fingerprint density at radius 3 is 2.83 bits per heavy atom. The summed E-state index contributed by atoms with van der Waals surface area (Å²) in [5.41, 5.74) is 0. The standard InChI is InChI=1S/C13H22N2O3/c1-2-11(8-16)14-13(18)10-5-12(17)15(7-10)6-9-3-4-9/h9-11,16H,2-8H2,1H3,(H,14,18). The molecular formula is C13H22N2O3. The van der Waals surface area contributed by atoms with Gasteiger partial charge in [-0.05, 0) is 25.2 Å².